The molecule has 2 nitrogen and oxygen atoms in total. The summed E-state index contributed by atoms with van der Waals surface area (Å²) < 4.78 is 38.7. The number of hydrogen-bond donors (Lipinski definition) is 1. The Morgan fingerprint density at radius 1 is 0.950 bits per heavy atom. The normalized spacial score (nSPS) is 11.4. The highest BCUT2D eigenvalue weighted by atomic mass is 19.2. The second-order valence-electron chi connectivity index (χ2n) is 4.04. The Balaban J connectivity index is 2.47. The van der Waals surface area contributed by atoms with Crippen molar-refractivity contribution in [2.24, 2.45) is 0 Å². The average molecular weight is 278 g/mol. The molecule has 0 aromatic heterocycles. The summed E-state index contributed by atoms with van der Waals surface area (Å²) in [5, 5.41) is 9.15. The van der Waals surface area contributed by atoms with Crippen LogP contribution in [0, 0.1) is 17.5 Å². The maximum atomic E-state index is 13.1. The molecule has 20 heavy (non-hydrogen) atoms. The van der Waals surface area contributed by atoms with E-state index in [9.17, 15) is 18.0 Å². The summed E-state index contributed by atoms with van der Waals surface area (Å²) in [4.78, 5) is 11.2. The lowest BCUT2D eigenvalue weighted by molar-refractivity contribution is -0.130. The van der Waals surface area contributed by atoms with Gasteiger partial charge in [-0.25, -0.2) is 18.0 Å². The Labute approximate surface area is 112 Å². The fourth-order valence-electron chi connectivity index (χ4n) is 1.67. The van der Waals surface area contributed by atoms with Gasteiger partial charge in [-0.1, -0.05) is 18.2 Å². The lowest BCUT2D eigenvalue weighted by Crippen LogP contribution is -2.00. The third kappa shape index (κ3) is 3.06. The van der Waals surface area contributed by atoms with Gasteiger partial charge in [-0.15, -0.1) is 0 Å². The molecule has 0 unspecified atom stereocenters. The first-order valence-electron chi connectivity index (χ1n) is 5.63. The van der Waals surface area contributed by atoms with Crippen LogP contribution in [0.3, 0.4) is 0 Å². The van der Waals surface area contributed by atoms with Gasteiger partial charge in [-0.05, 0) is 41.5 Å². The monoisotopic (exact) mass is 278 g/mol. The van der Waals surface area contributed by atoms with Gasteiger partial charge in [-0.2, -0.15) is 0 Å². The Kier molecular flexibility index (Phi) is 3.89. The van der Waals surface area contributed by atoms with Crippen molar-refractivity contribution in [1.82, 2.24) is 0 Å². The molecular formula is C15H9F3O2. The van der Waals surface area contributed by atoms with Crippen LogP contribution in [0.25, 0.3) is 11.6 Å². The van der Waals surface area contributed by atoms with E-state index in [0.717, 1.165) is 24.3 Å². The summed E-state index contributed by atoms with van der Waals surface area (Å²) in [6, 6.07) is 7.90. The lowest BCUT2D eigenvalue weighted by Gasteiger charge is -2.03. The van der Waals surface area contributed by atoms with E-state index in [1.165, 1.54) is 24.3 Å². The standard InChI is InChI=1S/C15H9F3O2/c16-11-4-2-10(3-5-11)12(15(19)20)7-9-1-6-13(17)14(18)8-9/h1-8H,(H,19,20)/b12-7+. The zero-order chi connectivity index (χ0) is 14.7. The quantitative estimate of drug-likeness (QED) is 0.686. The van der Waals surface area contributed by atoms with Gasteiger partial charge in [-0.3, -0.25) is 0 Å². The SMILES string of the molecule is O=C(O)/C(=C/c1ccc(F)c(F)c1)c1ccc(F)cc1. The number of carboxylic acids is 1. The molecule has 0 saturated heterocycles. The minimum absolute atomic E-state index is 0.143. The van der Waals surface area contributed by atoms with Crippen LogP contribution in [-0.4, -0.2) is 11.1 Å². The van der Waals surface area contributed by atoms with E-state index < -0.39 is 23.4 Å². The lowest BCUT2D eigenvalue weighted by atomic mass is 10.0. The fourth-order valence-corrected chi connectivity index (χ4v) is 1.67. The van der Waals surface area contributed by atoms with Crippen LogP contribution in [0.5, 0.6) is 0 Å². The Bertz CT molecular complexity index is 676. The first-order valence-corrected chi connectivity index (χ1v) is 5.63. The highest BCUT2D eigenvalue weighted by Gasteiger charge is 2.11. The first kappa shape index (κ1) is 13.9. The average Bonchev–Trinajstić information content (AvgIpc) is 2.41. The molecule has 0 fully saturated rings. The molecule has 0 atom stereocenters. The molecule has 0 spiro atoms. The highest BCUT2D eigenvalue weighted by Crippen LogP contribution is 2.20. The summed E-state index contributed by atoms with van der Waals surface area (Å²) in [5.74, 6) is -3.82. The van der Waals surface area contributed by atoms with Crippen molar-refractivity contribution in [3.05, 3.63) is 71.0 Å². The fraction of sp³-hybridized carbons (Fsp3) is 0. The van der Waals surface area contributed by atoms with Crippen LogP contribution in [0.2, 0.25) is 0 Å². The van der Waals surface area contributed by atoms with Crippen LogP contribution in [0.1, 0.15) is 11.1 Å². The number of halogens is 3. The van der Waals surface area contributed by atoms with Crippen LogP contribution in [0.15, 0.2) is 42.5 Å². The molecule has 0 bridgehead atoms. The van der Waals surface area contributed by atoms with Crippen LogP contribution >= 0.6 is 0 Å². The molecule has 0 heterocycles. The summed E-state index contributed by atoms with van der Waals surface area (Å²) in [6.07, 6.45) is 1.19. The van der Waals surface area contributed by atoms with Gasteiger partial charge in [0.15, 0.2) is 11.6 Å². The third-order valence-electron chi connectivity index (χ3n) is 2.64. The van der Waals surface area contributed by atoms with Crippen molar-refractivity contribution in [1.29, 1.82) is 0 Å². The third-order valence-corrected chi connectivity index (χ3v) is 2.64. The molecular weight excluding hydrogens is 269 g/mol. The summed E-state index contributed by atoms with van der Waals surface area (Å²) in [5.41, 5.74) is 0.324. The Morgan fingerprint density at radius 2 is 1.60 bits per heavy atom. The van der Waals surface area contributed by atoms with Crippen molar-refractivity contribution in [2.75, 3.05) is 0 Å². The molecule has 5 heteroatoms. The number of rotatable bonds is 3. The van der Waals surface area contributed by atoms with Crippen LogP contribution in [0.4, 0.5) is 13.2 Å². The minimum atomic E-state index is -1.25. The minimum Gasteiger partial charge on any atom is -0.478 e. The molecule has 0 aliphatic carbocycles. The van der Waals surface area contributed by atoms with Gasteiger partial charge in [0.2, 0.25) is 0 Å². The molecule has 2 aromatic carbocycles. The van der Waals surface area contributed by atoms with Crippen molar-refractivity contribution < 1.29 is 23.1 Å². The maximum absolute atomic E-state index is 13.1. The van der Waals surface area contributed by atoms with Crippen molar-refractivity contribution in [3.63, 3.8) is 0 Å². The molecule has 2 rings (SSSR count). The van der Waals surface area contributed by atoms with E-state index in [-0.39, 0.29) is 16.7 Å². The largest absolute Gasteiger partial charge is 0.478 e. The number of carbonyl (C=O) groups is 1. The van der Waals surface area contributed by atoms with E-state index in [1.807, 2.05) is 0 Å². The molecule has 102 valence electrons. The molecule has 0 radical (unpaired) electrons. The van der Waals surface area contributed by atoms with Crippen molar-refractivity contribution >= 4 is 17.6 Å². The van der Waals surface area contributed by atoms with Gasteiger partial charge < -0.3 is 5.11 Å². The molecule has 0 aliphatic heterocycles. The zero-order valence-electron chi connectivity index (χ0n) is 10.1. The number of hydrogen-bond acceptors (Lipinski definition) is 1. The van der Waals surface area contributed by atoms with E-state index in [2.05, 4.69) is 0 Å². The molecule has 0 saturated carbocycles. The van der Waals surface area contributed by atoms with Gasteiger partial charge >= 0.3 is 5.97 Å². The van der Waals surface area contributed by atoms with Gasteiger partial charge in [0.25, 0.3) is 0 Å². The van der Waals surface area contributed by atoms with Crippen LogP contribution in [-0.2, 0) is 4.79 Å². The maximum Gasteiger partial charge on any atom is 0.336 e. The second-order valence-corrected chi connectivity index (χ2v) is 4.04. The van der Waals surface area contributed by atoms with Gasteiger partial charge in [0, 0.05) is 0 Å². The summed E-state index contributed by atoms with van der Waals surface area (Å²) in [7, 11) is 0. The van der Waals surface area contributed by atoms with Crippen molar-refractivity contribution in [2.45, 2.75) is 0 Å². The van der Waals surface area contributed by atoms with E-state index >= 15 is 0 Å². The number of aliphatic carboxylic acids is 1. The predicted molar refractivity (Wildman–Crippen MR) is 68.3 cm³/mol. The van der Waals surface area contributed by atoms with E-state index in [4.69, 9.17) is 5.11 Å². The van der Waals surface area contributed by atoms with Gasteiger partial charge in [0.05, 0.1) is 5.57 Å². The summed E-state index contributed by atoms with van der Waals surface area (Å²) >= 11 is 0. The predicted octanol–water partition coefficient (Wildman–Crippen LogP) is 3.73. The highest BCUT2D eigenvalue weighted by molar-refractivity contribution is 6.20. The molecule has 2 aromatic rings. The molecule has 0 aliphatic rings. The van der Waals surface area contributed by atoms with E-state index in [0.29, 0.717) is 0 Å². The number of benzene rings is 2. The first-order chi connectivity index (χ1) is 9.47. The topological polar surface area (TPSA) is 37.3 Å². The molecule has 1 N–H and O–H groups in total. The Hall–Kier alpha value is -2.56. The Morgan fingerprint density at radius 3 is 2.15 bits per heavy atom. The zero-order valence-corrected chi connectivity index (χ0v) is 10.1. The number of carboxylic acid groups (broad SMARTS) is 1. The van der Waals surface area contributed by atoms with Crippen LogP contribution < -0.4 is 0 Å². The summed E-state index contributed by atoms with van der Waals surface area (Å²) in [6.45, 7) is 0. The smallest absolute Gasteiger partial charge is 0.336 e. The molecule has 0 amide bonds. The van der Waals surface area contributed by atoms with Gasteiger partial charge in [0.1, 0.15) is 5.82 Å². The van der Waals surface area contributed by atoms with E-state index in [1.54, 1.807) is 0 Å². The van der Waals surface area contributed by atoms with Crippen molar-refractivity contribution in [3.8, 4) is 0 Å². The second kappa shape index (κ2) is 5.61.